The van der Waals surface area contributed by atoms with Gasteiger partial charge in [-0.1, -0.05) is 6.07 Å². The van der Waals surface area contributed by atoms with Crippen LogP contribution in [0.3, 0.4) is 0 Å². The molecule has 1 aliphatic rings. The monoisotopic (exact) mass is 399 g/mol. The first-order valence-corrected chi connectivity index (χ1v) is 9.16. The van der Waals surface area contributed by atoms with Gasteiger partial charge in [0.15, 0.2) is 11.5 Å². The van der Waals surface area contributed by atoms with Crippen LogP contribution in [-0.2, 0) is 11.3 Å². The first-order chi connectivity index (χ1) is 13.8. The van der Waals surface area contributed by atoms with Crippen molar-refractivity contribution in [2.75, 3.05) is 31.5 Å². The maximum atomic E-state index is 12.3. The number of carbonyl (C=O) groups is 2. The molecule has 0 saturated heterocycles. The summed E-state index contributed by atoms with van der Waals surface area (Å²) in [6, 6.07) is 10.2. The molecule has 2 aromatic carbocycles. The summed E-state index contributed by atoms with van der Waals surface area (Å²) >= 11 is 0. The van der Waals surface area contributed by atoms with Gasteiger partial charge in [0.05, 0.1) is 25.3 Å². The standard InChI is InChI=1S/C21H25N3O5/c1-21(2)12-29-16-8-6-14(10-15(16)24-19(21)25)23-20(26)22-11-13-5-7-17(27-3)18(9-13)28-4/h5-10H,11-12H2,1-4H3,(H,24,25)(H2,22,23,26). The SMILES string of the molecule is COc1ccc(CNC(=O)Nc2ccc3c(c2)NC(=O)C(C)(C)CO3)cc1OC. The molecular weight excluding hydrogens is 374 g/mol. The van der Waals surface area contributed by atoms with Crippen molar-refractivity contribution in [3.63, 3.8) is 0 Å². The number of urea groups is 1. The van der Waals surface area contributed by atoms with Gasteiger partial charge >= 0.3 is 6.03 Å². The van der Waals surface area contributed by atoms with Gasteiger partial charge in [-0.15, -0.1) is 0 Å². The predicted molar refractivity (Wildman–Crippen MR) is 110 cm³/mol. The van der Waals surface area contributed by atoms with Gasteiger partial charge in [0.25, 0.3) is 0 Å². The van der Waals surface area contributed by atoms with Crippen molar-refractivity contribution < 1.29 is 23.8 Å². The van der Waals surface area contributed by atoms with Gasteiger partial charge in [-0.2, -0.15) is 0 Å². The Morgan fingerprint density at radius 2 is 1.90 bits per heavy atom. The molecule has 0 radical (unpaired) electrons. The molecule has 0 atom stereocenters. The van der Waals surface area contributed by atoms with Gasteiger partial charge in [0.1, 0.15) is 12.4 Å². The van der Waals surface area contributed by atoms with Gasteiger partial charge in [-0.3, -0.25) is 4.79 Å². The zero-order chi connectivity index (χ0) is 21.0. The molecule has 8 heteroatoms. The van der Waals surface area contributed by atoms with Crippen molar-refractivity contribution >= 4 is 23.3 Å². The molecule has 154 valence electrons. The zero-order valence-electron chi connectivity index (χ0n) is 16.9. The molecule has 2 aromatic rings. The minimum absolute atomic E-state index is 0.133. The van der Waals surface area contributed by atoms with Crippen molar-refractivity contribution in [2.24, 2.45) is 5.41 Å². The number of ether oxygens (including phenoxy) is 3. The number of nitrogens with one attached hydrogen (secondary N) is 3. The van der Waals surface area contributed by atoms with Gasteiger partial charge in [0.2, 0.25) is 5.91 Å². The molecule has 0 unspecified atom stereocenters. The van der Waals surface area contributed by atoms with Crippen molar-refractivity contribution in [3.8, 4) is 17.2 Å². The molecule has 3 N–H and O–H groups in total. The molecule has 0 fully saturated rings. The lowest BCUT2D eigenvalue weighted by molar-refractivity contribution is -0.124. The van der Waals surface area contributed by atoms with Crippen LogP contribution in [0.2, 0.25) is 0 Å². The molecule has 29 heavy (non-hydrogen) atoms. The summed E-state index contributed by atoms with van der Waals surface area (Å²) in [5, 5.41) is 8.39. The van der Waals surface area contributed by atoms with Gasteiger partial charge < -0.3 is 30.2 Å². The van der Waals surface area contributed by atoms with Crippen LogP contribution >= 0.6 is 0 Å². The summed E-state index contributed by atoms with van der Waals surface area (Å²) in [5.41, 5.74) is 1.29. The van der Waals surface area contributed by atoms with Crippen molar-refractivity contribution in [1.29, 1.82) is 0 Å². The molecule has 3 amide bonds. The number of fused-ring (bicyclic) bond motifs is 1. The van der Waals surface area contributed by atoms with Crippen LogP contribution in [0.5, 0.6) is 17.2 Å². The second-order valence-electron chi connectivity index (χ2n) is 7.33. The smallest absolute Gasteiger partial charge is 0.319 e. The molecule has 0 bridgehead atoms. The normalized spacial score (nSPS) is 14.6. The summed E-state index contributed by atoms with van der Waals surface area (Å²) in [6.07, 6.45) is 0. The fourth-order valence-electron chi connectivity index (χ4n) is 2.79. The number of methoxy groups -OCH3 is 2. The van der Waals surface area contributed by atoms with Crippen LogP contribution < -0.4 is 30.2 Å². The van der Waals surface area contributed by atoms with E-state index in [2.05, 4.69) is 16.0 Å². The molecule has 0 aliphatic carbocycles. The highest BCUT2D eigenvalue weighted by Crippen LogP contribution is 2.34. The Hall–Kier alpha value is -3.42. The summed E-state index contributed by atoms with van der Waals surface area (Å²) in [4.78, 5) is 24.5. The maximum absolute atomic E-state index is 12.3. The van der Waals surface area contributed by atoms with E-state index in [-0.39, 0.29) is 18.5 Å². The van der Waals surface area contributed by atoms with E-state index in [9.17, 15) is 9.59 Å². The number of carbonyl (C=O) groups excluding carboxylic acids is 2. The van der Waals surface area contributed by atoms with Gasteiger partial charge in [-0.25, -0.2) is 4.79 Å². The summed E-state index contributed by atoms with van der Waals surface area (Å²) < 4.78 is 16.2. The highest BCUT2D eigenvalue weighted by molar-refractivity contribution is 5.98. The molecule has 1 heterocycles. The highest BCUT2D eigenvalue weighted by Gasteiger charge is 2.32. The Bertz CT molecular complexity index is 927. The van der Waals surface area contributed by atoms with E-state index < -0.39 is 5.41 Å². The summed E-state index contributed by atoms with van der Waals surface area (Å²) in [5.74, 6) is 1.65. The Kier molecular flexibility index (Phi) is 5.81. The highest BCUT2D eigenvalue weighted by atomic mass is 16.5. The first kappa shape index (κ1) is 20.3. The van der Waals surface area contributed by atoms with Crippen LogP contribution in [0.1, 0.15) is 19.4 Å². The second-order valence-corrected chi connectivity index (χ2v) is 7.33. The van der Waals surface area contributed by atoms with E-state index in [1.807, 2.05) is 19.9 Å². The number of hydrogen-bond acceptors (Lipinski definition) is 5. The van der Waals surface area contributed by atoms with Crippen LogP contribution in [0.25, 0.3) is 0 Å². The number of anilines is 2. The van der Waals surface area contributed by atoms with Gasteiger partial charge in [0, 0.05) is 12.2 Å². The second kappa shape index (κ2) is 8.30. The quantitative estimate of drug-likeness (QED) is 0.716. The molecule has 3 rings (SSSR count). The van der Waals surface area contributed by atoms with E-state index >= 15 is 0 Å². The maximum Gasteiger partial charge on any atom is 0.319 e. The Labute approximate surface area is 169 Å². The lowest BCUT2D eigenvalue weighted by atomic mass is 9.94. The Balaban J connectivity index is 1.63. The third kappa shape index (κ3) is 4.71. The fourth-order valence-corrected chi connectivity index (χ4v) is 2.79. The minimum atomic E-state index is -0.636. The molecule has 0 aromatic heterocycles. The Morgan fingerprint density at radius 3 is 2.62 bits per heavy atom. The van der Waals surface area contributed by atoms with Gasteiger partial charge in [-0.05, 0) is 49.7 Å². The number of amides is 3. The third-order valence-electron chi connectivity index (χ3n) is 4.59. The van der Waals surface area contributed by atoms with Crippen LogP contribution in [0.4, 0.5) is 16.2 Å². The number of rotatable bonds is 5. The molecule has 0 spiro atoms. The van der Waals surface area contributed by atoms with E-state index in [1.165, 1.54) is 0 Å². The number of benzene rings is 2. The molecular formula is C21H25N3O5. The van der Waals surface area contributed by atoms with E-state index in [0.29, 0.717) is 35.2 Å². The third-order valence-corrected chi connectivity index (χ3v) is 4.59. The topological polar surface area (TPSA) is 97.9 Å². The summed E-state index contributed by atoms with van der Waals surface area (Å²) in [7, 11) is 3.13. The summed E-state index contributed by atoms with van der Waals surface area (Å²) in [6.45, 7) is 4.22. The van der Waals surface area contributed by atoms with Crippen LogP contribution in [0, 0.1) is 5.41 Å². The van der Waals surface area contributed by atoms with E-state index in [0.717, 1.165) is 5.56 Å². The minimum Gasteiger partial charge on any atom is -0.493 e. The average Bonchev–Trinajstić information content (AvgIpc) is 2.81. The van der Waals surface area contributed by atoms with Crippen LogP contribution in [0.15, 0.2) is 36.4 Å². The lowest BCUT2D eigenvalue weighted by Gasteiger charge is -2.18. The van der Waals surface area contributed by atoms with Crippen molar-refractivity contribution in [1.82, 2.24) is 5.32 Å². The number of hydrogen-bond donors (Lipinski definition) is 3. The largest absolute Gasteiger partial charge is 0.493 e. The zero-order valence-corrected chi connectivity index (χ0v) is 16.9. The van der Waals surface area contributed by atoms with E-state index in [1.54, 1.807) is 44.6 Å². The van der Waals surface area contributed by atoms with Crippen molar-refractivity contribution in [3.05, 3.63) is 42.0 Å². The lowest BCUT2D eigenvalue weighted by Crippen LogP contribution is -2.33. The molecule has 0 saturated carbocycles. The fraction of sp³-hybridized carbons (Fsp3) is 0.333. The molecule has 8 nitrogen and oxygen atoms in total. The van der Waals surface area contributed by atoms with Crippen molar-refractivity contribution in [2.45, 2.75) is 20.4 Å². The Morgan fingerprint density at radius 1 is 1.14 bits per heavy atom. The molecule has 1 aliphatic heterocycles. The average molecular weight is 399 g/mol. The predicted octanol–water partition coefficient (Wildman–Crippen LogP) is 3.38. The first-order valence-electron chi connectivity index (χ1n) is 9.16. The van der Waals surface area contributed by atoms with Crippen LogP contribution in [-0.4, -0.2) is 32.8 Å². The van der Waals surface area contributed by atoms with E-state index in [4.69, 9.17) is 14.2 Å².